The molecule has 1 aromatic carbocycles. The molecule has 0 aliphatic carbocycles. The molecule has 0 amide bonds. The van der Waals surface area contributed by atoms with Gasteiger partial charge in [0.05, 0.1) is 28.0 Å². The second kappa shape index (κ2) is 57.1. The molecule has 0 fully saturated rings. The van der Waals surface area contributed by atoms with Crippen LogP contribution in [0.15, 0.2) is 243 Å². The first-order chi connectivity index (χ1) is 60.1. The zero-order valence-electron chi connectivity index (χ0n) is 86.7. The van der Waals surface area contributed by atoms with E-state index in [2.05, 4.69) is 436 Å². The maximum Gasteiger partial charge on any atom is 0.137 e. The van der Waals surface area contributed by atoms with E-state index in [1.54, 1.807) is 83.8 Å². The Bertz CT molecular complexity index is 4160. The van der Waals surface area contributed by atoms with Crippen molar-refractivity contribution in [3.05, 3.63) is 321 Å². The van der Waals surface area contributed by atoms with Gasteiger partial charge in [0, 0.05) is 186 Å². The summed E-state index contributed by atoms with van der Waals surface area (Å²) in [5, 5.41) is 18.9. The summed E-state index contributed by atoms with van der Waals surface area (Å²) in [6.45, 7) is 84.1. The van der Waals surface area contributed by atoms with Gasteiger partial charge in [-0.25, -0.2) is 49.8 Å². The van der Waals surface area contributed by atoms with Crippen molar-refractivity contribution >= 4 is 34.0 Å². The van der Waals surface area contributed by atoms with Crippen LogP contribution in [0, 0.1) is 0 Å². The Labute approximate surface area is 797 Å². The van der Waals surface area contributed by atoms with Gasteiger partial charge in [-0.1, -0.05) is 312 Å². The summed E-state index contributed by atoms with van der Waals surface area (Å²) in [7, 11) is 0. The average molecular weight is 1830 g/mol. The number of hydrogen-bond donors (Lipinski definition) is 4. The minimum Gasteiger partial charge on any atom is -0.367 e. The molecular formula is C107H164N20S3. The summed E-state index contributed by atoms with van der Waals surface area (Å²) in [4.78, 5) is 64.0. The van der Waals surface area contributed by atoms with Crippen LogP contribution in [0.3, 0.4) is 0 Å². The molecule has 0 radical (unpaired) electrons. The fraction of sp³-hybridized carbons (Fsp3) is 0.495. The monoisotopic (exact) mass is 1830 g/mol. The summed E-state index contributed by atoms with van der Waals surface area (Å²) in [5.41, 5.74) is 18.2. The predicted molar refractivity (Wildman–Crippen MR) is 554 cm³/mol. The van der Waals surface area contributed by atoms with Crippen LogP contribution in [0.25, 0.3) is 0 Å². The smallest absolute Gasteiger partial charge is 0.137 e. The maximum absolute atomic E-state index is 4.25. The van der Waals surface area contributed by atoms with Crippen LogP contribution in [0.2, 0.25) is 0 Å². The lowest BCUT2D eigenvalue weighted by atomic mass is 9.87. The number of H-pyrrole nitrogens is 4. The minimum absolute atomic E-state index is 0.0307. The summed E-state index contributed by atoms with van der Waals surface area (Å²) in [6, 6.07) is 34.6. The normalized spacial score (nSPS) is 11.4. The number of benzene rings is 1. The zero-order valence-corrected chi connectivity index (χ0v) is 89.2. The van der Waals surface area contributed by atoms with Gasteiger partial charge in [0.25, 0.3) is 0 Å². The standard InChI is InChI=1S/C10H14.3C9H13N.2C8H12N2.C7H11N3.3C7H12N2.C7H11NS.C7H11N.2C6H9NS/c1-10(2,3)9-7-5-4-6-8-9;1-9(2,3)8-4-6-10-7-5-8;1-9(2,3)8-5-4-6-10-7-8;1-9(2,3)8-6-4-5-7-10-8;1-8(2,3)7-4-5-9-6-10-7;1-8(2,3)7-9-5-4-6-10-7;1-7(2,3)6-9-4-8-5-10-6;1-7(2,3)6-4-8-5-9-6;2*1-7(2,3)6-4-5-8-9-6;1-7(2,3)6-4-9-5-8-6;1-6(2)7-3-4-8-5-7;1-5(2)6-3-7-4-8-6;1-5(2)6-7-3-4-8-6/h4-8H,1-3H3;3*4-7H,1-3H3;2*4-6H,1-3H3;4-5H,1-3H3;3*4-5H,1-3H3,(H,8,9);4-5H,1-3H3;3-6,8H,1-2H3;2*3-5H,1-2H3. The average Bonchev–Trinajstić information content (AvgIpc) is 1.57. The van der Waals surface area contributed by atoms with Crippen molar-refractivity contribution in [2.75, 3.05) is 0 Å². The lowest BCUT2D eigenvalue weighted by molar-refractivity contribution is 0.541. The van der Waals surface area contributed by atoms with Gasteiger partial charge in [0.2, 0.25) is 0 Å². The highest BCUT2D eigenvalue weighted by molar-refractivity contribution is 7.10. The Morgan fingerprint density at radius 1 is 0.292 bits per heavy atom. The highest BCUT2D eigenvalue weighted by atomic mass is 32.1. The summed E-state index contributed by atoms with van der Waals surface area (Å²) in [6.07, 6.45) is 34.0. The van der Waals surface area contributed by atoms with Gasteiger partial charge < -0.3 is 9.97 Å². The fourth-order valence-electron chi connectivity index (χ4n) is 9.77. The van der Waals surface area contributed by atoms with Crippen molar-refractivity contribution < 1.29 is 0 Å². The first-order valence-corrected chi connectivity index (χ1v) is 47.5. The Balaban J connectivity index is 0.000000700. The van der Waals surface area contributed by atoms with E-state index in [1.165, 1.54) is 67.6 Å². The first-order valence-electron chi connectivity index (χ1n) is 44.8. The van der Waals surface area contributed by atoms with Gasteiger partial charge in [-0.2, -0.15) is 10.2 Å². The van der Waals surface area contributed by atoms with Crippen molar-refractivity contribution in [3.8, 4) is 0 Å². The van der Waals surface area contributed by atoms with E-state index < -0.39 is 0 Å². The molecule has 14 rings (SSSR count). The van der Waals surface area contributed by atoms with Crippen LogP contribution >= 0.6 is 34.0 Å². The van der Waals surface area contributed by atoms with Crippen molar-refractivity contribution in [2.24, 2.45) is 0 Å². The molecule has 23 heteroatoms. The number of hydrogen-bond acceptors (Lipinski definition) is 19. The number of aromatic amines is 4. The minimum atomic E-state index is 0.0307. The molecule has 0 spiro atoms. The van der Waals surface area contributed by atoms with Crippen molar-refractivity contribution in [2.45, 2.75) is 347 Å². The molecule has 0 unspecified atom stereocenters. The maximum atomic E-state index is 4.25. The third-order valence-electron chi connectivity index (χ3n) is 18.3. The molecule has 0 bridgehead atoms. The molecule has 13 aromatic heterocycles. The SMILES string of the molecule is CC(C)(C)c1ccccc1.CC(C)(C)c1ccccn1.CC(C)(C)c1cccnc1.CC(C)(C)c1ccn[nH]1.CC(C)(C)c1ccn[nH]1.CC(C)(C)c1ccncc1.CC(C)(C)c1ccncn1.CC(C)(C)c1cnc[nH]1.CC(C)(C)c1cscn1.CC(C)(C)c1ncccn1.CC(C)(C)c1ncncn1.CC(C)c1cc[nH]c1.CC(C)c1cncs1.CC(C)c1nccs1. The summed E-state index contributed by atoms with van der Waals surface area (Å²) >= 11 is 5.10. The molecule has 130 heavy (non-hydrogen) atoms. The first kappa shape index (κ1) is 118. The van der Waals surface area contributed by atoms with Gasteiger partial charge in [0.15, 0.2) is 0 Å². The molecule has 4 N–H and O–H groups in total. The molecule has 0 atom stereocenters. The number of nitrogens with zero attached hydrogens (tertiary/aromatic N) is 16. The third kappa shape index (κ3) is 53.7. The van der Waals surface area contributed by atoms with E-state index in [0.29, 0.717) is 23.2 Å². The molecular weight excluding hydrogens is 1660 g/mol. The van der Waals surface area contributed by atoms with E-state index >= 15 is 0 Å². The Morgan fingerprint density at radius 2 is 0.777 bits per heavy atom. The Kier molecular flexibility index (Phi) is 51.6. The second-order valence-corrected chi connectivity index (χ2v) is 45.7. The van der Waals surface area contributed by atoms with Gasteiger partial charge in [0.1, 0.15) is 30.6 Å². The van der Waals surface area contributed by atoms with Crippen molar-refractivity contribution in [1.29, 1.82) is 0 Å². The fourth-order valence-corrected chi connectivity index (χ4v) is 11.8. The van der Waals surface area contributed by atoms with Gasteiger partial charge in [-0.15, -0.1) is 34.0 Å². The molecule has 710 valence electrons. The summed E-state index contributed by atoms with van der Waals surface area (Å²) < 4.78 is 0. The highest BCUT2D eigenvalue weighted by Crippen LogP contribution is 2.27. The van der Waals surface area contributed by atoms with Gasteiger partial charge >= 0.3 is 0 Å². The number of rotatable bonds is 3. The topological polar surface area (TPSA) is 269 Å². The molecule has 0 aliphatic rings. The van der Waals surface area contributed by atoms with Gasteiger partial charge in [-0.05, 0) is 111 Å². The van der Waals surface area contributed by atoms with Gasteiger partial charge in [-0.3, -0.25) is 30.1 Å². The van der Waals surface area contributed by atoms with Crippen molar-refractivity contribution in [1.82, 2.24) is 100 Å². The second-order valence-electron chi connectivity index (χ2n) is 43.1. The quantitative estimate of drug-likeness (QED) is 0.128. The van der Waals surface area contributed by atoms with E-state index in [-0.39, 0.29) is 54.1 Å². The van der Waals surface area contributed by atoms with Crippen LogP contribution < -0.4 is 0 Å². The van der Waals surface area contributed by atoms with E-state index in [1.807, 2.05) is 115 Å². The lowest BCUT2D eigenvalue weighted by Crippen LogP contribution is -2.15. The lowest BCUT2D eigenvalue weighted by Gasteiger charge is -2.18. The van der Waals surface area contributed by atoms with Crippen LogP contribution in [0.4, 0.5) is 0 Å². The highest BCUT2D eigenvalue weighted by Gasteiger charge is 2.21. The zero-order chi connectivity index (χ0) is 98.9. The van der Waals surface area contributed by atoms with Crippen LogP contribution in [0.5, 0.6) is 0 Å². The number of pyridine rings is 3. The molecule has 20 nitrogen and oxygen atoms in total. The Hall–Kier alpha value is -10.4. The third-order valence-corrected chi connectivity index (χ3v) is 21.0. The number of thiazole rings is 3. The van der Waals surface area contributed by atoms with E-state index in [4.69, 9.17) is 0 Å². The van der Waals surface area contributed by atoms with Crippen LogP contribution in [-0.2, 0) is 59.6 Å². The largest absolute Gasteiger partial charge is 0.367 e. The predicted octanol–water partition coefficient (Wildman–Crippen LogP) is 29.1. The number of nitrogens with one attached hydrogen (secondary N) is 4. The molecule has 14 aromatic rings. The summed E-state index contributed by atoms with van der Waals surface area (Å²) in [5.74, 6) is 3.62. The Morgan fingerprint density at radius 3 is 1.03 bits per heavy atom. The molecule has 0 aliphatic heterocycles. The number of aromatic nitrogens is 20. The number of imidazole rings is 1. The van der Waals surface area contributed by atoms with Crippen molar-refractivity contribution in [3.63, 3.8) is 0 Å². The van der Waals surface area contributed by atoms with Crippen LogP contribution in [0.1, 0.15) is 366 Å². The van der Waals surface area contributed by atoms with E-state index in [0.717, 1.165) is 23.0 Å². The molecule has 13 heterocycles. The van der Waals surface area contributed by atoms with E-state index in [9.17, 15) is 0 Å². The molecule has 0 saturated carbocycles. The van der Waals surface area contributed by atoms with Crippen LogP contribution in [-0.4, -0.2) is 100 Å². The molecule has 0 saturated heterocycles.